The van der Waals surface area contributed by atoms with Gasteiger partial charge in [-0.05, 0) is 55.8 Å². The second-order valence-electron chi connectivity index (χ2n) is 8.48. The standard InChI is InChI=1S/C25H32N4O/c1-5-28-11-9-24-22(16-28)21-12-17(2)6-7-23(21)29(24)15-20(14-25(30)26-4)19-8-10-27-18(3)13-19/h6-8,10,12-13,20H,5,9,11,14-16H2,1-4H3,(H,26,30). The molecule has 0 radical (unpaired) electrons. The van der Waals surface area contributed by atoms with E-state index in [0.717, 1.165) is 38.3 Å². The predicted octanol–water partition coefficient (Wildman–Crippen LogP) is 3.95. The van der Waals surface area contributed by atoms with Crippen molar-refractivity contribution in [3.05, 3.63) is 64.6 Å². The monoisotopic (exact) mass is 404 g/mol. The summed E-state index contributed by atoms with van der Waals surface area (Å²) in [6.45, 7) is 10.4. The van der Waals surface area contributed by atoms with Crippen molar-refractivity contribution in [1.29, 1.82) is 0 Å². The maximum atomic E-state index is 12.3. The smallest absolute Gasteiger partial charge is 0.220 e. The molecule has 5 heteroatoms. The fraction of sp³-hybridized carbons (Fsp3) is 0.440. The molecule has 0 bridgehead atoms. The van der Waals surface area contributed by atoms with Gasteiger partial charge in [0.2, 0.25) is 5.91 Å². The summed E-state index contributed by atoms with van der Waals surface area (Å²) in [6.07, 6.45) is 3.38. The maximum Gasteiger partial charge on any atom is 0.220 e. The molecule has 3 aromatic rings. The number of aryl methyl sites for hydroxylation is 2. The van der Waals surface area contributed by atoms with E-state index in [9.17, 15) is 4.79 Å². The minimum absolute atomic E-state index is 0.0767. The zero-order valence-corrected chi connectivity index (χ0v) is 18.5. The van der Waals surface area contributed by atoms with Gasteiger partial charge in [-0.1, -0.05) is 18.6 Å². The summed E-state index contributed by atoms with van der Waals surface area (Å²) in [5, 5.41) is 4.18. The van der Waals surface area contributed by atoms with Gasteiger partial charge in [-0.15, -0.1) is 0 Å². The van der Waals surface area contributed by atoms with Crippen LogP contribution in [0.3, 0.4) is 0 Å². The van der Waals surface area contributed by atoms with Gasteiger partial charge in [0.25, 0.3) is 0 Å². The Hall–Kier alpha value is -2.66. The molecule has 30 heavy (non-hydrogen) atoms. The Labute approximate surface area is 179 Å². The topological polar surface area (TPSA) is 50.2 Å². The first-order chi connectivity index (χ1) is 14.5. The number of hydrogen-bond acceptors (Lipinski definition) is 3. The van der Waals surface area contributed by atoms with Gasteiger partial charge in [0, 0.05) is 73.9 Å². The predicted molar refractivity (Wildman–Crippen MR) is 122 cm³/mol. The van der Waals surface area contributed by atoms with Gasteiger partial charge in [-0.25, -0.2) is 0 Å². The number of rotatable bonds is 6. The number of carbonyl (C=O) groups excluding carboxylic acids is 1. The molecule has 1 aromatic carbocycles. The van der Waals surface area contributed by atoms with E-state index in [2.05, 4.69) is 63.9 Å². The quantitative estimate of drug-likeness (QED) is 0.677. The summed E-state index contributed by atoms with van der Waals surface area (Å²) in [5.41, 5.74) is 7.65. The number of nitrogens with one attached hydrogen (secondary N) is 1. The molecule has 5 nitrogen and oxygen atoms in total. The fourth-order valence-electron chi connectivity index (χ4n) is 4.75. The molecular weight excluding hydrogens is 372 g/mol. The van der Waals surface area contributed by atoms with Crippen molar-refractivity contribution >= 4 is 16.8 Å². The van der Waals surface area contributed by atoms with E-state index < -0.39 is 0 Å². The van der Waals surface area contributed by atoms with Crippen molar-refractivity contribution < 1.29 is 4.79 Å². The molecule has 4 rings (SSSR count). The van der Waals surface area contributed by atoms with Gasteiger partial charge in [0.05, 0.1) is 0 Å². The SMILES string of the molecule is CCN1CCc2c(c3cc(C)ccc3n2CC(CC(=O)NC)c2ccnc(C)c2)C1. The van der Waals surface area contributed by atoms with Gasteiger partial charge in [0.1, 0.15) is 0 Å². The summed E-state index contributed by atoms with van der Waals surface area (Å²) < 4.78 is 2.49. The first-order valence-corrected chi connectivity index (χ1v) is 11.0. The minimum atomic E-state index is 0.0767. The third-order valence-electron chi connectivity index (χ3n) is 6.44. The number of amides is 1. The average Bonchev–Trinajstić information content (AvgIpc) is 3.05. The van der Waals surface area contributed by atoms with Crippen LogP contribution in [0.2, 0.25) is 0 Å². The lowest BCUT2D eigenvalue weighted by Gasteiger charge is -2.28. The van der Waals surface area contributed by atoms with Gasteiger partial charge in [-0.2, -0.15) is 0 Å². The van der Waals surface area contributed by atoms with Gasteiger partial charge < -0.3 is 9.88 Å². The number of fused-ring (bicyclic) bond motifs is 3. The highest BCUT2D eigenvalue weighted by atomic mass is 16.1. The Morgan fingerprint density at radius 3 is 2.80 bits per heavy atom. The number of benzene rings is 1. The summed E-state index contributed by atoms with van der Waals surface area (Å²) in [6, 6.07) is 11.0. The lowest BCUT2D eigenvalue weighted by molar-refractivity contribution is -0.121. The summed E-state index contributed by atoms with van der Waals surface area (Å²) in [4.78, 5) is 19.2. The first kappa shape index (κ1) is 20.6. The lowest BCUT2D eigenvalue weighted by atomic mass is 9.95. The van der Waals surface area contributed by atoms with Crippen LogP contribution >= 0.6 is 0 Å². The Morgan fingerprint density at radius 1 is 1.23 bits per heavy atom. The molecule has 1 unspecified atom stereocenters. The third kappa shape index (κ3) is 3.99. The number of pyridine rings is 1. The number of carbonyl (C=O) groups is 1. The third-order valence-corrected chi connectivity index (χ3v) is 6.44. The van der Waals surface area contributed by atoms with Crippen LogP contribution in [0.4, 0.5) is 0 Å². The van der Waals surface area contributed by atoms with E-state index in [-0.39, 0.29) is 11.8 Å². The molecule has 0 spiro atoms. The van der Waals surface area contributed by atoms with Crippen LogP contribution < -0.4 is 5.32 Å². The molecular formula is C25H32N4O. The second-order valence-corrected chi connectivity index (χ2v) is 8.48. The van der Waals surface area contributed by atoms with E-state index in [1.165, 1.54) is 33.3 Å². The number of likely N-dealkylation sites (N-methyl/N-ethyl adjacent to an activating group) is 1. The molecule has 1 aliphatic rings. The zero-order chi connectivity index (χ0) is 21.3. The van der Waals surface area contributed by atoms with Crippen molar-refractivity contribution in [1.82, 2.24) is 19.8 Å². The second kappa shape index (κ2) is 8.60. The molecule has 0 aliphatic carbocycles. The molecule has 158 valence electrons. The molecule has 1 amide bonds. The van der Waals surface area contributed by atoms with E-state index in [4.69, 9.17) is 0 Å². The first-order valence-electron chi connectivity index (χ1n) is 11.0. The summed E-state index contributed by atoms with van der Waals surface area (Å²) >= 11 is 0. The molecule has 2 aromatic heterocycles. The van der Waals surface area contributed by atoms with Crippen LogP contribution in [0.1, 0.15) is 47.3 Å². The number of hydrogen-bond donors (Lipinski definition) is 1. The van der Waals surface area contributed by atoms with Crippen molar-refractivity contribution in [3.63, 3.8) is 0 Å². The van der Waals surface area contributed by atoms with Crippen LogP contribution in [0.5, 0.6) is 0 Å². The van der Waals surface area contributed by atoms with E-state index in [1.807, 2.05) is 13.1 Å². The Bertz CT molecular complexity index is 1070. The van der Waals surface area contributed by atoms with E-state index >= 15 is 0 Å². The molecule has 3 heterocycles. The molecule has 1 atom stereocenters. The minimum Gasteiger partial charge on any atom is -0.359 e. The van der Waals surface area contributed by atoms with Crippen LogP contribution in [0.15, 0.2) is 36.5 Å². The van der Waals surface area contributed by atoms with Crippen molar-refractivity contribution in [3.8, 4) is 0 Å². The zero-order valence-electron chi connectivity index (χ0n) is 18.5. The number of nitrogens with zero attached hydrogens (tertiary/aromatic N) is 3. The molecule has 0 fully saturated rings. The highest BCUT2D eigenvalue weighted by Crippen LogP contribution is 2.34. The highest BCUT2D eigenvalue weighted by molar-refractivity contribution is 5.86. The Kier molecular flexibility index (Phi) is 5.91. The fourth-order valence-corrected chi connectivity index (χ4v) is 4.75. The van der Waals surface area contributed by atoms with E-state index in [0.29, 0.717) is 6.42 Å². The summed E-state index contributed by atoms with van der Waals surface area (Å²) in [7, 11) is 1.71. The van der Waals surface area contributed by atoms with Crippen LogP contribution in [-0.2, 0) is 24.3 Å². The van der Waals surface area contributed by atoms with E-state index in [1.54, 1.807) is 7.05 Å². The largest absolute Gasteiger partial charge is 0.359 e. The van der Waals surface area contributed by atoms with Crippen LogP contribution in [0, 0.1) is 13.8 Å². The molecule has 0 saturated heterocycles. The lowest BCUT2D eigenvalue weighted by Crippen LogP contribution is -2.31. The molecule has 0 saturated carbocycles. The average molecular weight is 405 g/mol. The van der Waals surface area contributed by atoms with Crippen molar-refractivity contribution in [2.75, 3.05) is 20.1 Å². The van der Waals surface area contributed by atoms with Crippen molar-refractivity contribution in [2.24, 2.45) is 0 Å². The Balaban J connectivity index is 1.80. The normalized spacial score (nSPS) is 15.2. The van der Waals surface area contributed by atoms with Crippen LogP contribution in [0.25, 0.3) is 10.9 Å². The maximum absolute atomic E-state index is 12.3. The summed E-state index contributed by atoms with van der Waals surface area (Å²) in [5.74, 6) is 0.185. The van der Waals surface area contributed by atoms with Crippen molar-refractivity contribution in [2.45, 2.75) is 52.6 Å². The highest BCUT2D eigenvalue weighted by Gasteiger charge is 2.26. The number of aromatic nitrogens is 2. The molecule has 1 N–H and O–H groups in total. The Morgan fingerprint density at radius 2 is 2.07 bits per heavy atom. The van der Waals surface area contributed by atoms with Gasteiger partial charge in [0.15, 0.2) is 0 Å². The van der Waals surface area contributed by atoms with Crippen LogP contribution in [-0.4, -0.2) is 40.5 Å². The molecule has 1 aliphatic heterocycles. The van der Waals surface area contributed by atoms with Gasteiger partial charge >= 0.3 is 0 Å². The van der Waals surface area contributed by atoms with Gasteiger partial charge in [-0.3, -0.25) is 14.7 Å².